The van der Waals surface area contributed by atoms with Gasteiger partial charge in [0.2, 0.25) is 5.91 Å². The minimum absolute atomic E-state index is 0.142. The molecule has 1 aromatic heterocycles. The first-order valence-corrected chi connectivity index (χ1v) is 8.84. The van der Waals surface area contributed by atoms with Crippen LogP contribution in [-0.2, 0) is 9.59 Å². The molecular formula is C18H20N2O4S. The SMILES string of the molecule is CC(C(=O)O)c1cccc(NC(=O)CCCNC(=O)c2ccsc2)c1. The third-order valence-electron chi connectivity index (χ3n) is 3.69. The van der Waals surface area contributed by atoms with Crippen molar-refractivity contribution < 1.29 is 19.5 Å². The van der Waals surface area contributed by atoms with E-state index in [0.29, 0.717) is 29.8 Å². The number of rotatable bonds is 8. The highest BCUT2D eigenvalue weighted by atomic mass is 32.1. The zero-order valence-corrected chi connectivity index (χ0v) is 14.6. The molecule has 6 nitrogen and oxygen atoms in total. The normalized spacial score (nSPS) is 11.6. The molecule has 1 atom stereocenters. The van der Waals surface area contributed by atoms with Crippen LogP contribution in [-0.4, -0.2) is 29.4 Å². The molecule has 1 unspecified atom stereocenters. The topological polar surface area (TPSA) is 95.5 Å². The van der Waals surface area contributed by atoms with Crippen LogP contribution >= 0.6 is 11.3 Å². The van der Waals surface area contributed by atoms with Crippen molar-refractivity contribution in [2.24, 2.45) is 0 Å². The van der Waals surface area contributed by atoms with Gasteiger partial charge in [0.05, 0.1) is 5.92 Å². The minimum atomic E-state index is -0.912. The second kappa shape index (κ2) is 8.98. The van der Waals surface area contributed by atoms with Crippen molar-refractivity contribution >= 4 is 34.8 Å². The highest BCUT2D eigenvalue weighted by Crippen LogP contribution is 2.19. The van der Waals surface area contributed by atoms with Crippen LogP contribution in [0, 0.1) is 0 Å². The van der Waals surface area contributed by atoms with Gasteiger partial charge in [-0.3, -0.25) is 14.4 Å². The van der Waals surface area contributed by atoms with Gasteiger partial charge in [-0.05, 0) is 42.5 Å². The number of benzene rings is 1. The van der Waals surface area contributed by atoms with Gasteiger partial charge in [-0.2, -0.15) is 11.3 Å². The van der Waals surface area contributed by atoms with Crippen LogP contribution in [0.3, 0.4) is 0 Å². The van der Waals surface area contributed by atoms with Crippen molar-refractivity contribution in [2.75, 3.05) is 11.9 Å². The number of anilines is 1. The van der Waals surface area contributed by atoms with Crippen LogP contribution in [0.4, 0.5) is 5.69 Å². The van der Waals surface area contributed by atoms with Gasteiger partial charge in [0, 0.05) is 29.6 Å². The lowest BCUT2D eigenvalue weighted by Gasteiger charge is -2.10. The number of carbonyl (C=O) groups is 3. The molecule has 2 amide bonds. The average molecular weight is 360 g/mol. The van der Waals surface area contributed by atoms with E-state index in [1.807, 2.05) is 5.38 Å². The Kier molecular flexibility index (Phi) is 6.71. The number of amides is 2. The molecule has 25 heavy (non-hydrogen) atoms. The summed E-state index contributed by atoms with van der Waals surface area (Å²) in [6, 6.07) is 8.56. The third kappa shape index (κ3) is 5.72. The van der Waals surface area contributed by atoms with E-state index in [0.717, 1.165) is 0 Å². The van der Waals surface area contributed by atoms with Gasteiger partial charge in [0.1, 0.15) is 0 Å². The molecule has 0 aliphatic rings. The zero-order valence-electron chi connectivity index (χ0n) is 13.8. The van der Waals surface area contributed by atoms with E-state index in [-0.39, 0.29) is 18.2 Å². The van der Waals surface area contributed by atoms with Crippen LogP contribution in [0.15, 0.2) is 41.1 Å². The molecule has 2 aromatic rings. The lowest BCUT2D eigenvalue weighted by Crippen LogP contribution is -2.25. The van der Waals surface area contributed by atoms with Gasteiger partial charge in [-0.25, -0.2) is 0 Å². The fraction of sp³-hybridized carbons (Fsp3) is 0.278. The predicted molar refractivity (Wildman–Crippen MR) is 97.0 cm³/mol. The van der Waals surface area contributed by atoms with E-state index in [4.69, 9.17) is 5.11 Å². The fourth-order valence-corrected chi connectivity index (χ4v) is 2.83. The highest BCUT2D eigenvalue weighted by Gasteiger charge is 2.14. The molecule has 0 fully saturated rings. The van der Waals surface area contributed by atoms with E-state index in [1.54, 1.807) is 42.6 Å². The van der Waals surface area contributed by atoms with Gasteiger partial charge in [0.25, 0.3) is 5.91 Å². The summed E-state index contributed by atoms with van der Waals surface area (Å²) >= 11 is 1.46. The van der Waals surface area contributed by atoms with E-state index >= 15 is 0 Å². The van der Waals surface area contributed by atoms with Gasteiger partial charge in [-0.1, -0.05) is 12.1 Å². The van der Waals surface area contributed by atoms with Gasteiger partial charge in [0.15, 0.2) is 0 Å². The molecule has 0 spiro atoms. The summed E-state index contributed by atoms with van der Waals surface area (Å²) in [5, 5.41) is 18.2. The van der Waals surface area contributed by atoms with Crippen molar-refractivity contribution in [3.63, 3.8) is 0 Å². The van der Waals surface area contributed by atoms with Crippen LogP contribution in [0.1, 0.15) is 41.6 Å². The Balaban J connectivity index is 1.76. The number of carbonyl (C=O) groups excluding carboxylic acids is 2. The Labute approximate surface area is 149 Å². The number of carboxylic acid groups (broad SMARTS) is 1. The number of aliphatic carboxylic acids is 1. The number of nitrogens with one attached hydrogen (secondary N) is 2. The van der Waals surface area contributed by atoms with Crippen molar-refractivity contribution in [3.05, 3.63) is 52.2 Å². The van der Waals surface area contributed by atoms with Gasteiger partial charge < -0.3 is 15.7 Å². The Hall–Kier alpha value is -2.67. The first kappa shape index (κ1) is 18.7. The maximum atomic E-state index is 12.0. The fourth-order valence-electron chi connectivity index (χ4n) is 2.20. The van der Waals surface area contributed by atoms with Crippen LogP contribution in [0.5, 0.6) is 0 Å². The second-order valence-electron chi connectivity index (χ2n) is 5.61. The van der Waals surface area contributed by atoms with Crippen LogP contribution < -0.4 is 10.6 Å². The first-order chi connectivity index (χ1) is 12.0. The Morgan fingerprint density at radius 3 is 2.72 bits per heavy atom. The Bertz CT molecular complexity index is 743. The molecule has 2 rings (SSSR count). The minimum Gasteiger partial charge on any atom is -0.481 e. The molecule has 1 aromatic carbocycles. The first-order valence-electron chi connectivity index (χ1n) is 7.90. The Morgan fingerprint density at radius 1 is 1.24 bits per heavy atom. The lowest BCUT2D eigenvalue weighted by molar-refractivity contribution is -0.138. The quantitative estimate of drug-likeness (QED) is 0.630. The molecule has 1 heterocycles. The third-order valence-corrected chi connectivity index (χ3v) is 4.37. The van der Waals surface area contributed by atoms with Crippen molar-refractivity contribution in [1.29, 1.82) is 0 Å². The maximum absolute atomic E-state index is 12.0. The van der Waals surface area contributed by atoms with E-state index < -0.39 is 11.9 Å². The molecule has 0 aliphatic heterocycles. The summed E-state index contributed by atoms with van der Waals surface area (Å²) in [6.45, 7) is 2.01. The maximum Gasteiger partial charge on any atom is 0.310 e. The van der Waals surface area contributed by atoms with Crippen molar-refractivity contribution in [1.82, 2.24) is 5.32 Å². The summed E-state index contributed by atoms with van der Waals surface area (Å²) in [5.74, 6) is -1.86. The van der Waals surface area contributed by atoms with E-state index in [1.165, 1.54) is 11.3 Å². The molecule has 0 aliphatic carbocycles. The summed E-state index contributed by atoms with van der Waals surface area (Å²) in [4.78, 5) is 34.7. The van der Waals surface area contributed by atoms with Gasteiger partial charge >= 0.3 is 5.97 Å². The molecule has 132 valence electrons. The van der Waals surface area contributed by atoms with Crippen molar-refractivity contribution in [2.45, 2.75) is 25.7 Å². The van der Waals surface area contributed by atoms with Crippen molar-refractivity contribution in [3.8, 4) is 0 Å². The molecule has 0 saturated heterocycles. The zero-order chi connectivity index (χ0) is 18.2. The molecule has 0 radical (unpaired) electrons. The lowest BCUT2D eigenvalue weighted by atomic mass is 10.0. The largest absolute Gasteiger partial charge is 0.481 e. The molecule has 3 N–H and O–H groups in total. The molecule has 0 saturated carbocycles. The molecule has 7 heteroatoms. The van der Waals surface area contributed by atoms with Gasteiger partial charge in [-0.15, -0.1) is 0 Å². The number of carboxylic acids is 1. The Morgan fingerprint density at radius 2 is 2.04 bits per heavy atom. The smallest absolute Gasteiger partial charge is 0.310 e. The monoisotopic (exact) mass is 360 g/mol. The summed E-state index contributed by atoms with van der Waals surface area (Å²) in [7, 11) is 0. The second-order valence-corrected chi connectivity index (χ2v) is 6.39. The van der Waals surface area contributed by atoms with Crippen LogP contribution in [0.25, 0.3) is 0 Å². The average Bonchev–Trinajstić information content (AvgIpc) is 3.12. The predicted octanol–water partition coefficient (Wildman–Crippen LogP) is 3.08. The molecule has 0 bridgehead atoms. The summed E-state index contributed by atoms with van der Waals surface area (Å²) < 4.78 is 0. The number of hydrogen-bond acceptors (Lipinski definition) is 4. The highest BCUT2D eigenvalue weighted by molar-refractivity contribution is 7.08. The summed E-state index contributed by atoms with van der Waals surface area (Å²) in [6.07, 6.45) is 0.787. The standard InChI is InChI=1S/C18H20N2O4S/c1-12(18(23)24)13-4-2-5-15(10-13)20-16(21)6-3-8-19-17(22)14-7-9-25-11-14/h2,4-5,7,9-12H,3,6,8H2,1H3,(H,19,22)(H,20,21)(H,23,24). The van der Waals surface area contributed by atoms with E-state index in [9.17, 15) is 14.4 Å². The summed E-state index contributed by atoms with van der Waals surface area (Å²) in [5.41, 5.74) is 1.82. The molecular weight excluding hydrogens is 340 g/mol. The number of hydrogen-bond donors (Lipinski definition) is 3. The number of thiophene rings is 1. The van der Waals surface area contributed by atoms with Crippen LogP contribution in [0.2, 0.25) is 0 Å². The van der Waals surface area contributed by atoms with E-state index in [2.05, 4.69) is 10.6 Å².